The minimum atomic E-state index is 0. The summed E-state index contributed by atoms with van der Waals surface area (Å²) in [6, 6.07) is 0. The molecule has 0 aliphatic heterocycles. The van der Waals surface area contributed by atoms with E-state index in [4.69, 9.17) is 10.5 Å². The topological polar surface area (TPSA) is 66.0 Å². The maximum Gasteiger partial charge on any atom is 0.190 e. The van der Waals surface area contributed by atoms with E-state index in [1.165, 1.54) is 0 Å². The molecule has 0 bridgehead atoms. The molecular weight excluding hydrogens is 224 g/mol. The van der Waals surface area contributed by atoms with Gasteiger partial charge in [0.15, 0.2) is 5.16 Å². The highest BCUT2D eigenvalue weighted by atomic mass is 35.5. The fraction of sp³-hybridized carbons (Fsp3) is 0.714. The van der Waals surface area contributed by atoms with Crippen LogP contribution in [0.3, 0.4) is 0 Å². The Morgan fingerprint density at radius 2 is 2.36 bits per heavy atom. The van der Waals surface area contributed by atoms with Crippen molar-refractivity contribution in [3.05, 3.63) is 6.33 Å². The highest BCUT2D eigenvalue weighted by Gasteiger charge is 1.99. The van der Waals surface area contributed by atoms with Crippen LogP contribution in [0.1, 0.15) is 0 Å². The van der Waals surface area contributed by atoms with E-state index in [1.807, 2.05) is 11.6 Å². The van der Waals surface area contributed by atoms with Gasteiger partial charge in [-0.15, -0.1) is 22.6 Å². The summed E-state index contributed by atoms with van der Waals surface area (Å²) in [5.74, 6) is 0.881. The van der Waals surface area contributed by atoms with Crippen molar-refractivity contribution < 1.29 is 4.74 Å². The summed E-state index contributed by atoms with van der Waals surface area (Å²) in [7, 11) is 1.92. The molecule has 0 atom stereocenters. The van der Waals surface area contributed by atoms with Gasteiger partial charge < -0.3 is 15.0 Å². The number of nitrogens with zero attached hydrogens (tertiary/aromatic N) is 3. The zero-order chi connectivity index (χ0) is 9.52. The molecule has 0 spiro atoms. The minimum absolute atomic E-state index is 0. The fourth-order valence-corrected chi connectivity index (χ4v) is 1.52. The third-order valence-corrected chi connectivity index (χ3v) is 2.39. The van der Waals surface area contributed by atoms with Crippen LogP contribution in [-0.4, -0.2) is 40.3 Å². The average molecular weight is 239 g/mol. The van der Waals surface area contributed by atoms with Crippen molar-refractivity contribution in [3.63, 3.8) is 0 Å². The predicted molar refractivity (Wildman–Crippen MR) is 58.8 cm³/mol. The van der Waals surface area contributed by atoms with Gasteiger partial charge in [0.2, 0.25) is 0 Å². The number of aromatic nitrogens is 3. The Balaban J connectivity index is 0.00000169. The summed E-state index contributed by atoms with van der Waals surface area (Å²) >= 11 is 1.63. The van der Waals surface area contributed by atoms with Gasteiger partial charge in [-0.1, -0.05) is 11.8 Å². The van der Waals surface area contributed by atoms with Crippen LogP contribution >= 0.6 is 24.2 Å². The number of hydrogen-bond acceptors (Lipinski definition) is 5. The lowest BCUT2D eigenvalue weighted by atomic mass is 10.7. The van der Waals surface area contributed by atoms with Crippen molar-refractivity contribution in [3.8, 4) is 0 Å². The van der Waals surface area contributed by atoms with E-state index in [0.29, 0.717) is 19.8 Å². The van der Waals surface area contributed by atoms with Crippen molar-refractivity contribution in [2.24, 2.45) is 12.8 Å². The van der Waals surface area contributed by atoms with Gasteiger partial charge in [0.05, 0.1) is 13.2 Å². The molecule has 1 aromatic heterocycles. The van der Waals surface area contributed by atoms with Crippen LogP contribution < -0.4 is 5.73 Å². The molecule has 2 N–H and O–H groups in total. The van der Waals surface area contributed by atoms with Crippen LogP contribution in [0.4, 0.5) is 0 Å². The Labute approximate surface area is 93.8 Å². The lowest BCUT2D eigenvalue weighted by molar-refractivity contribution is 0.158. The smallest absolute Gasteiger partial charge is 0.190 e. The molecule has 0 saturated carbocycles. The number of halogens is 1. The standard InChI is InChI=1S/C7H14N4OS.ClH/c1-11-6-9-10-7(11)13-5-4-12-3-2-8;/h6H,2-5,8H2,1H3;1H. The number of thioether (sulfide) groups is 1. The lowest BCUT2D eigenvalue weighted by Gasteiger charge is -2.01. The molecule has 7 heteroatoms. The first-order valence-corrected chi connectivity index (χ1v) is 5.07. The number of nitrogens with two attached hydrogens (primary N) is 1. The minimum Gasteiger partial charge on any atom is -0.379 e. The van der Waals surface area contributed by atoms with Gasteiger partial charge in [-0.2, -0.15) is 0 Å². The van der Waals surface area contributed by atoms with Crippen LogP contribution in [-0.2, 0) is 11.8 Å². The second-order valence-corrected chi connectivity index (χ2v) is 3.54. The maximum atomic E-state index is 5.27. The van der Waals surface area contributed by atoms with Gasteiger partial charge in [-0.05, 0) is 0 Å². The number of aryl methyl sites for hydroxylation is 1. The zero-order valence-corrected chi connectivity index (χ0v) is 9.68. The van der Waals surface area contributed by atoms with E-state index in [2.05, 4.69) is 10.2 Å². The first-order valence-electron chi connectivity index (χ1n) is 4.09. The summed E-state index contributed by atoms with van der Waals surface area (Å²) in [5, 5.41) is 8.61. The summed E-state index contributed by atoms with van der Waals surface area (Å²) in [5.41, 5.74) is 5.27. The second kappa shape index (κ2) is 8.05. The van der Waals surface area contributed by atoms with E-state index in [9.17, 15) is 0 Å². The van der Waals surface area contributed by atoms with Gasteiger partial charge in [-0.3, -0.25) is 0 Å². The van der Waals surface area contributed by atoms with Gasteiger partial charge in [-0.25, -0.2) is 0 Å². The highest BCUT2D eigenvalue weighted by Crippen LogP contribution is 2.12. The van der Waals surface area contributed by atoms with E-state index in [-0.39, 0.29) is 12.4 Å². The van der Waals surface area contributed by atoms with Crippen LogP contribution in [0.25, 0.3) is 0 Å². The van der Waals surface area contributed by atoms with Gasteiger partial charge in [0, 0.05) is 19.3 Å². The van der Waals surface area contributed by atoms with Gasteiger partial charge >= 0.3 is 0 Å². The molecule has 0 aliphatic rings. The molecule has 0 radical (unpaired) electrons. The molecule has 1 aromatic rings. The van der Waals surface area contributed by atoms with Crippen molar-refractivity contribution >= 4 is 24.2 Å². The van der Waals surface area contributed by atoms with Crippen LogP contribution in [0, 0.1) is 0 Å². The zero-order valence-electron chi connectivity index (χ0n) is 8.05. The quantitative estimate of drug-likeness (QED) is 0.571. The molecule has 0 amide bonds. The maximum absolute atomic E-state index is 5.27. The van der Waals surface area contributed by atoms with Crippen molar-refractivity contribution in [1.82, 2.24) is 14.8 Å². The average Bonchev–Trinajstić information content (AvgIpc) is 2.52. The molecule has 5 nitrogen and oxygen atoms in total. The molecule has 0 aromatic carbocycles. The Morgan fingerprint density at radius 3 is 2.93 bits per heavy atom. The molecule has 1 heterocycles. The summed E-state index contributed by atoms with van der Waals surface area (Å²) < 4.78 is 7.10. The largest absolute Gasteiger partial charge is 0.379 e. The van der Waals surface area contributed by atoms with Crippen LogP contribution in [0.2, 0.25) is 0 Å². The molecular formula is C7H15ClN4OS. The molecule has 0 unspecified atom stereocenters. The van der Waals surface area contributed by atoms with E-state index >= 15 is 0 Å². The SMILES string of the molecule is Cl.Cn1cnnc1SCCOCCN. The number of hydrogen-bond donors (Lipinski definition) is 1. The molecule has 0 saturated heterocycles. The molecule has 1 rings (SSSR count). The number of rotatable bonds is 6. The summed E-state index contributed by atoms with van der Waals surface area (Å²) in [4.78, 5) is 0. The third-order valence-electron chi connectivity index (χ3n) is 1.39. The molecule has 0 aliphatic carbocycles. The first-order chi connectivity index (χ1) is 6.34. The lowest BCUT2D eigenvalue weighted by Crippen LogP contribution is -2.10. The van der Waals surface area contributed by atoms with E-state index in [0.717, 1.165) is 10.9 Å². The third kappa shape index (κ3) is 4.80. The predicted octanol–water partition coefficient (Wildman–Crippen LogP) is 0.304. The fourth-order valence-electron chi connectivity index (χ4n) is 0.781. The van der Waals surface area contributed by atoms with Crippen molar-refractivity contribution in [2.45, 2.75) is 5.16 Å². The Morgan fingerprint density at radius 1 is 1.57 bits per heavy atom. The van der Waals surface area contributed by atoms with Crippen LogP contribution in [0.15, 0.2) is 11.5 Å². The van der Waals surface area contributed by atoms with Crippen LogP contribution in [0.5, 0.6) is 0 Å². The van der Waals surface area contributed by atoms with Gasteiger partial charge in [0.1, 0.15) is 6.33 Å². The Hall–Kier alpha value is -0.300. The summed E-state index contributed by atoms with van der Waals surface area (Å²) in [6.45, 7) is 1.91. The second-order valence-electron chi connectivity index (χ2n) is 2.47. The highest BCUT2D eigenvalue weighted by molar-refractivity contribution is 7.99. The van der Waals surface area contributed by atoms with Gasteiger partial charge in [0.25, 0.3) is 0 Å². The number of ether oxygens (including phenoxy) is 1. The van der Waals surface area contributed by atoms with Crippen molar-refractivity contribution in [2.75, 3.05) is 25.5 Å². The summed E-state index contributed by atoms with van der Waals surface area (Å²) in [6.07, 6.45) is 1.68. The monoisotopic (exact) mass is 238 g/mol. The molecule has 0 fully saturated rings. The Bertz CT molecular complexity index is 245. The molecule has 82 valence electrons. The van der Waals surface area contributed by atoms with E-state index in [1.54, 1.807) is 18.1 Å². The van der Waals surface area contributed by atoms with Crippen molar-refractivity contribution in [1.29, 1.82) is 0 Å². The molecule has 14 heavy (non-hydrogen) atoms. The Kier molecular flexibility index (Phi) is 7.87. The van der Waals surface area contributed by atoms with E-state index < -0.39 is 0 Å². The first kappa shape index (κ1) is 13.7. The normalized spacial score (nSPS) is 9.86.